The Balaban J connectivity index is 1.66. The molecule has 1 aromatic heterocycles. The Labute approximate surface area is 227 Å². The van der Waals surface area contributed by atoms with Gasteiger partial charge in [0, 0.05) is 37.2 Å². The number of rotatable bonds is 12. The Morgan fingerprint density at radius 3 is 2.08 bits per heavy atom. The highest BCUT2D eigenvalue weighted by atomic mass is 35.5. The van der Waals surface area contributed by atoms with E-state index in [1.165, 1.54) is 6.92 Å². The van der Waals surface area contributed by atoms with Gasteiger partial charge < -0.3 is 18.8 Å². The normalized spacial score (nSPS) is 13.2. The lowest BCUT2D eigenvalue weighted by molar-refractivity contribution is -0.146. The number of hydrogen-bond donors (Lipinski definition) is 0. The third-order valence-corrected chi connectivity index (χ3v) is 6.78. The molecule has 2 atom stereocenters. The Hall–Kier alpha value is -2.41. The van der Waals surface area contributed by atoms with E-state index >= 15 is 0 Å². The second-order valence-corrected chi connectivity index (χ2v) is 10.4. The van der Waals surface area contributed by atoms with E-state index in [0.717, 1.165) is 17.7 Å². The molecule has 0 radical (unpaired) electrons. The SMILES string of the molecule is CC(=O)O[C@H](CCl)COc1ccc(C(C)(C)c2ccc(OC[C@@H](C)Cn3ccnc3)c(Cl)c2)cc1Cl. The van der Waals surface area contributed by atoms with Crippen LogP contribution in [-0.4, -0.2) is 40.7 Å². The van der Waals surface area contributed by atoms with Crippen molar-refractivity contribution < 1.29 is 19.0 Å². The molecule has 0 aliphatic rings. The van der Waals surface area contributed by atoms with Crippen molar-refractivity contribution in [2.75, 3.05) is 19.1 Å². The van der Waals surface area contributed by atoms with Gasteiger partial charge in [-0.2, -0.15) is 0 Å². The van der Waals surface area contributed by atoms with Crippen molar-refractivity contribution in [1.29, 1.82) is 0 Å². The van der Waals surface area contributed by atoms with E-state index in [-0.39, 0.29) is 17.9 Å². The van der Waals surface area contributed by atoms with E-state index in [0.29, 0.717) is 34.1 Å². The van der Waals surface area contributed by atoms with Gasteiger partial charge in [-0.25, -0.2) is 4.98 Å². The fourth-order valence-electron chi connectivity index (χ4n) is 3.75. The zero-order chi connectivity index (χ0) is 26.3. The molecule has 2 aromatic carbocycles. The van der Waals surface area contributed by atoms with Crippen LogP contribution in [0.5, 0.6) is 11.5 Å². The largest absolute Gasteiger partial charge is 0.492 e. The van der Waals surface area contributed by atoms with Crippen molar-refractivity contribution in [3.05, 3.63) is 76.3 Å². The second-order valence-electron chi connectivity index (χ2n) is 9.29. The fraction of sp³-hybridized carbons (Fsp3) is 0.407. The van der Waals surface area contributed by atoms with Gasteiger partial charge >= 0.3 is 5.97 Å². The van der Waals surface area contributed by atoms with Crippen LogP contribution in [0.2, 0.25) is 10.0 Å². The lowest BCUT2D eigenvalue weighted by Gasteiger charge is -2.27. The van der Waals surface area contributed by atoms with Crippen LogP contribution in [-0.2, 0) is 21.5 Å². The maximum atomic E-state index is 11.2. The summed E-state index contributed by atoms with van der Waals surface area (Å²) in [6.45, 7) is 9.13. The Kier molecular flexibility index (Phi) is 9.94. The van der Waals surface area contributed by atoms with Crippen LogP contribution in [0.3, 0.4) is 0 Å². The summed E-state index contributed by atoms with van der Waals surface area (Å²) >= 11 is 19.0. The van der Waals surface area contributed by atoms with Gasteiger partial charge in [-0.15, -0.1) is 11.6 Å². The van der Waals surface area contributed by atoms with Gasteiger partial charge in [0.1, 0.15) is 24.2 Å². The Bertz CT molecular complexity index is 1150. The lowest BCUT2D eigenvalue weighted by Crippen LogP contribution is -2.25. The predicted octanol–water partition coefficient (Wildman–Crippen LogP) is 6.78. The van der Waals surface area contributed by atoms with E-state index in [2.05, 4.69) is 25.8 Å². The molecule has 0 bridgehead atoms. The first-order chi connectivity index (χ1) is 17.1. The molecule has 36 heavy (non-hydrogen) atoms. The number of esters is 1. The number of benzene rings is 2. The summed E-state index contributed by atoms with van der Waals surface area (Å²) in [6, 6.07) is 11.5. The van der Waals surface area contributed by atoms with E-state index < -0.39 is 12.1 Å². The standard InChI is InChI=1S/C27H31Cl3N2O4/c1-18(14-32-10-9-31-17-32)15-34-25-7-5-20(11-23(25)29)27(3,4)21-6-8-26(24(30)12-21)35-16-22(13-28)36-19(2)33/h5-12,17-18,22H,13-16H2,1-4H3/t18-,22+/m0/s1. The van der Waals surface area contributed by atoms with E-state index in [1.54, 1.807) is 18.6 Å². The molecule has 0 saturated carbocycles. The summed E-state index contributed by atoms with van der Waals surface area (Å²) in [7, 11) is 0. The molecule has 0 aliphatic heterocycles. The van der Waals surface area contributed by atoms with Crippen LogP contribution in [0.25, 0.3) is 0 Å². The van der Waals surface area contributed by atoms with Crippen LogP contribution < -0.4 is 9.47 Å². The molecule has 0 amide bonds. The van der Waals surface area contributed by atoms with Gasteiger partial charge in [-0.3, -0.25) is 4.79 Å². The maximum Gasteiger partial charge on any atom is 0.303 e. The van der Waals surface area contributed by atoms with Crippen molar-refractivity contribution in [3.63, 3.8) is 0 Å². The van der Waals surface area contributed by atoms with Crippen LogP contribution in [0.4, 0.5) is 0 Å². The highest BCUT2D eigenvalue weighted by Gasteiger charge is 2.25. The smallest absolute Gasteiger partial charge is 0.303 e. The van der Waals surface area contributed by atoms with E-state index in [9.17, 15) is 4.79 Å². The molecular weight excluding hydrogens is 523 g/mol. The predicted molar refractivity (Wildman–Crippen MR) is 144 cm³/mol. The Morgan fingerprint density at radius 1 is 1.03 bits per heavy atom. The van der Waals surface area contributed by atoms with Crippen molar-refractivity contribution in [3.8, 4) is 11.5 Å². The molecule has 0 unspecified atom stereocenters. The summed E-state index contributed by atoms with van der Waals surface area (Å²) in [5.74, 6) is 1.16. The molecule has 1 heterocycles. The average molecular weight is 554 g/mol. The summed E-state index contributed by atoms with van der Waals surface area (Å²) in [5.41, 5.74) is 1.63. The molecular formula is C27H31Cl3N2O4. The number of carbonyl (C=O) groups excluding carboxylic acids is 1. The van der Waals surface area contributed by atoms with Gasteiger partial charge in [0.2, 0.25) is 0 Å². The summed E-state index contributed by atoms with van der Waals surface area (Å²) < 4.78 is 18.9. The number of ether oxygens (including phenoxy) is 3. The van der Waals surface area contributed by atoms with Crippen LogP contribution >= 0.6 is 34.8 Å². The summed E-state index contributed by atoms with van der Waals surface area (Å²) in [4.78, 5) is 15.2. The highest BCUT2D eigenvalue weighted by molar-refractivity contribution is 6.32. The molecule has 194 valence electrons. The lowest BCUT2D eigenvalue weighted by atomic mass is 9.78. The zero-order valence-corrected chi connectivity index (χ0v) is 23.1. The molecule has 0 aliphatic carbocycles. The van der Waals surface area contributed by atoms with Crippen LogP contribution in [0, 0.1) is 5.92 Å². The number of halogens is 3. The number of hydrogen-bond acceptors (Lipinski definition) is 5. The number of imidazole rings is 1. The van der Waals surface area contributed by atoms with E-state index in [4.69, 9.17) is 49.0 Å². The fourth-order valence-corrected chi connectivity index (χ4v) is 4.37. The first-order valence-electron chi connectivity index (χ1n) is 11.6. The van der Waals surface area contributed by atoms with Gasteiger partial charge in [-0.1, -0.05) is 56.1 Å². The molecule has 6 nitrogen and oxygen atoms in total. The van der Waals surface area contributed by atoms with E-state index in [1.807, 2.05) is 41.1 Å². The minimum Gasteiger partial charge on any atom is -0.492 e. The van der Waals surface area contributed by atoms with Crippen molar-refractivity contribution >= 4 is 40.8 Å². The van der Waals surface area contributed by atoms with Crippen molar-refractivity contribution in [1.82, 2.24) is 9.55 Å². The third-order valence-electron chi connectivity index (χ3n) is 5.84. The second kappa shape index (κ2) is 12.7. The first-order valence-corrected chi connectivity index (χ1v) is 12.9. The number of nitrogens with zero attached hydrogens (tertiary/aromatic N) is 2. The molecule has 0 N–H and O–H groups in total. The topological polar surface area (TPSA) is 62.6 Å². The maximum absolute atomic E-state index is 11.2. The molecule has 3 aromatic rings. The Morgan fingerprint density at radius 2 is 1.61 bits per heavy atom. The van der Waals surface area contributed by atoms with Crippen molar-refractivity contribution in [2.45, 2.75) is 45.8 Å². The van der Waals surface area contributed by atoms with Gasteiger partial charge in [0.15, 0.2) is 0 Å². The van der Waals surface area contributed by atoms with Crippen LogP contribution in [0.15, 0.2) is 55.1 Å². The average Bonchev–Trinajstić information content (AvgIpc) is 3.34. The zero-order valence-electron chi connectivity index (χ0n) is 20.8. The number of aromatic nitrogens is 2. The molecule has 3 rings (SSSR count). The van der Waals surface area contributed by atoms with Crippen LogP contribution in [0.1, 0.15) is 38.8 Å². The third kappa shape index (κ3) is 7.55. The minimum atomic E-state index is -0.548. The highest BCUT2D eigenvalue weighted by Crippen LogP contribution is 2.38. The summed E-state index contributed by atoms with van der Waals surface area (Å²) in [5, 5.41) is 1.01. The number of carbonyl (C=O) groups is 1. The quantitative estimate of drug-likeness (QED) is 0.183. The first kappa shape index (κ1) is 28.2. The van der Waals surface area contributed by atoms with Gasteiger partial charge in [-0.05, 0) is 35.4 Å². The molecule has 0 saturated heterocycles. The van der Waals surface area contributed by atoms with Gasteiger partial charge in [0.05, 0.1) is 28.9 Å². The monoisotopic (exact) mass is 552 g/mol. The molecule has 0 spiro atoms. The molecule has 0 fully saturated rings. The van der Waals surface area contributed by atoms with Gasteiger partial charge in [0.25, 0.3) is 0 Å². The van der Waals surface area contributed by atoms with Crippen molar-refractivity contribution in [2.24, 2.45) is 5.92 Å². The minimum absolute atomic E-state index is 0.115. The summed E-state index contributed by atoms with van der Waals surface area (Å²) in [6.07, 6.45) is 4.95. The molecule has 9 heteroatoms. The number of alkyl halides is 1.